The SMILES string of the molecule is CCSC(Cn1ccnc1)C12CC3CC(CC(C3)C1)C2. The van der Waals surface area contributed by atoms with Gasteiger partial charge in [-0.2, -0.15) is 11.8 Å². The lowest BCUT2D eigenvalue weighted by molar-refractivity contribution is -0.0552. The molecule has 2 nitrogen and oxygen atoms in total. The van der Waals surface area contributed by atoms with Gasteiger partial charge in [-0.1, -0.05) is 6.92 Å². The van der Waals surface area contributed by atoms with Gasteiger partial charge in [0, 0.05) is 24.2 Å². The van der Waals surface area contributed by atoms with E-state index in [1.165, 1.54) is 31.6 Å². The highest BCUT2D eigenvalue weighted by atomic mass is 32.2. The van der Waals surface area contributed by atoms with Crippen LogP contribution in [0.1, 0.15) is 45.4 Å². The molecule has 4 aliphatic carbocycles. The molecule has 0 aromatic carbocycles. The normalized spacial score (nSPS) is 40.1. The summed E-state index contributed by atoms with van der Waals surface area (Å²) in [5.74, 6) is 4.43. The van der Waals surface area contributed by atoms with Crippen molar-refractivity contribution >= 4 is 11.8 Å². The molecular weight excluding hydrogens is 264 g/mol. The van der Waals surface area contributed by atoms with E-state index in [4.69, 9.17) is 0 Å². The highest BCUT2D eigenvalue weighted by molar-refractivity contribution is 7.99. The molecular formula is C17H26N2S. The second-order valence-corrected chi connectivity index (χ2v) is 8.96. The minimum atomic E-state index is 0.652. The Morgan fingerprint density at radius 2 is 1.85 bits per heavy atom. The monoisotopic (exact) mass is 290 g/mol. The van der Waals surface area contributed by atoms with Crippen molar-refractivity contribution in [2.75, 3.05) is 5.75 Å². The molecule has 0 spiro atoms. The fourth-order valence-corrected chi connectivity index (χ4v) is 7.10. The van der Waals surface area contributed by atoms with E-state index in [1.54, 1.807) is 19.3 Å². The molecule has 1 unspecified atom stereocenters. The zero-order valence-corrected chi connectivity index (χ0v) is 13.3. The summed E-state index contributed by atoms with van der Waals surface area (Å²) in [5.41, 5.74) is 0.652. The molecule has 0 N–H and O–H groups in total. The summed E-state index contributed by atoms with van der Waals surface area (Å²) in [6, 6.07) is 0. The van der Waals surface area contributed by atoms with Gasteiger partial charge in [-0.25, -0.2) is 4.98 Å². The van der Waals surface area contributed by atoms with Gasteiger partial charge in [-0.05, 0) is 67.4 Å². The Morgan fingerprint density at radius 3 is 2.35 bits per heavy atom. The number of hydrogen-bond acceptors (Lipinski definition) is 2. The van der Waals surface area contributed by atoms with Gasteiger partial charge < -0.3 is 4.57 Å². The van der Waals surface area contributed by atoms with Crippen LogP contribution in [0.4, 0.5) is 0 Å². The molecule has 20 heavy (non-hydrogen) atoms. The van der Waals surface area contributed by atoms with Crippen molar-refractivity contribution in [3.8, 4) is 0 Å². The molecule has 0 radical (unpaired) electrons. The van der Waals surface area contributed by atoms with Gasteiger partial charge in [-0.3, -0.25) is 0 Å². The van der Waals surface area contributed by atoms with Crippen molar-refractivity contribution in [3.05, 3.63) is 18.7 Å². The number of imidazole rings is 1. The third kappa shape index (κ3) is 2.22. The van der Waals surface area contributed by atoms with Crippen molar-refractivity contribution < 1.29 is 0 Å². The van der Waals surface area contributed by atoms with Gasteiger partial charge in [0.25, 0.3) is 0 Å². The van der Waals surface area contributed by atoms with Crippen molar-refractivity contribution in [3.63, 3.8) is 0 Å². The number of rotatable bonds is 5. The van der Waals surface area contributed by atoms with E-state index in [0.717, 1.165) is 23.0 Å². The zero-order valence-electron chi connectivity index (χ0n) is 12.5. The van der Waals surface area contributed by atoms with Crippen LogP contribution in [0, 0.1) is 23.2 Å². The third-order valence-corrected chi connectivity index (χ3v) is 7.46. The first-order valence-electron chi connectivity index (χ1n) is 8.35. The topological polar surface area (TPSA) is 17.8 Å². The Kier molecular flexibility index (Phi) is 3.36. The summed E-state index contributed by atoms with van der Waals surface area (Å²) in [7, 11) is 0. The molecule has 4 fully saturated rings. The van der Waals surface area contributed by atoms with Crippen LogP contribution in [-0.4, -0.2) is 20.6 Å². The Morgan fingerprint density at radius 1 is 1.20 bits per heavy atom. The molecule has 4 aliphatic rings. The molecule has 1 atom stereocenters. The highest BCUT2D eigenvalue weighted by Gasteiger charge is 2.54. The molecule has 1 aromatic rings. The van der Waals surface area contributed by atoms with Gasteiger partial charge in [0.2, 0.25) is 0 Å². The van der Waals surface area contributed by atoms with Crippen molar-refractivity contribution in [1.29, 1.82) is 0 Å². The number of nitrogens with zero attached hydrogens (tertiary/aromatic N) is 2. The molecule has 0 amide bonds. The predicted octanol–water partition coefficient (Wildman–Crippen LogP) is 4.22. The molecule has 5 rings (SSSR count). The average Bonchev–Trinajstić information content (AvgIpc) is 2.89. The van der Waals surface area contributed by atoms with Gasteiger partial charge in [0.05, 0.1) is 6.33 Å². The number of thioether (sulfide) groups is 1. The number of aromatic nitrogens is 2. The highest BCUT2D eigenvalue weighted by Crippen LogP contribution is 2.63. The van der Waals surface area contributed by atoms with Gasteiger partial charge in [0.1, 0.15) is 0 Å². The predicted molar refractivity (Wildman–Crippen MR) is 84.8 cm³/mol. The van der Waals surface area contributed by atoms with Crippen LogP contribution in [0.5, 0.6) is 0 Å². The van der Waals surface area contributed by atoms with E-state index in [1.807, 2.05) is 12.5 Å². The number of hydrogen-bond donors (Lipinski definition) is 0. The molecule has 110 valence electrons. The van der Waals surface area contributed by atoms with Crippen LogP contribution in [0.2, 0.25) is 0 Å². The van der Waals surface area contributed by atoms with Crippen molar-refractivity contribution in [2.24, 2.45) is 23.2 Å². The lowest BCUT2D eigenvalue weighted by Crippen LogP contribution is -2.51. The van der Waals surface area contributed by atoms with Crippen LogP contribution in [0.3, 0.4) is 0 Å². The van der Waals surface area contributed by atoms with E-state index in [-0.39, 0.29) is 0 Å². The fraction of sp³-hybridized carbons (Fsp3) is 0.824. The van der Waals surface area contributed by atoms with E-state index >= 15 is 0 Å². The fourth-order valence-electron chi connectivity index (χ4n) is 5.78. The van der Waals surface area contributed by atoms with Gasteiger partial charge >= 0.3 is 0 Å². The standard InChI is InChI=1S/C17H26N2S/c1-2-20-16(11-19-4-3-18-12-19)17-8-13-5-14(9-17)7-15(6-13)10-17/h3-4,12-16H,2,5-11H2,1H3. The van der Waals surface area contributed by atoms with E-state index in [0.29, 0.717) is 5.41 Å². The minimum absolute atomic E-state index is 0.652. The summed E-state index contributed by atoms with van der Waals surface area (Å²) >= 11 is 2.21. The lowest BCUT2D eigenvalue weighted by atomic mass is 9.48. The summed E-state index contributed by atoms with van der Waals surface area (Å²) in [6.45, 7) is 3.50. The van der Waals surface area contributed by atoms with Crippen LogP contribution >= 0.6 is 11.8 Å². The Hall–Kier alpha value is -0.440. The zero-order chi connectivity index (χ0) is 13.6. The Bertz CT molecular complexity index is 418. The van der Waals surface area contributed by atoms with Crippen LogP contribution < -0.4 is 0 Å². The first-order valence-corrected chi connectivity index (χ1v) is 9.39. The second kappa shape index (κ2) is 5.08. The van der Waals surface area contributed by atoms with Crippen molar-refractivity contribution in [2.45, 2.75) is 57.2 Å². The molecule has 0 aliphatic heterocycles. The lowest BCUT2D eigenvalue weighted by Gasteiger charge is -2.59. The molecule has 4 bridgehead atoms. The smallest absolute Gasteiger partial charge is 0.0946 e. The first kappa shape index (κ1) is 13.2. The van der Waals surface area contributed by atoms with E-state index in [2.05, 4.69) is 34.4 Å². The molecule has 0 saturated heterocycles. The van der Waals surface area contributed by atoms with Crippen LogP contribution in [-0.2, 0) is 6.54 Å². The van der Waals surface area contributed by atoms with Crippen LogP contribution in [0.15, 0.2) is 18.7 Å². The maximum absolute atomic E-state index is 4.24. The Labute approximate surface area is 126 Å². The maximum atomic E-state index is 4.24. The van der Waals surface area contributed by atoms with E-state index in [9.17, 15) is 0 Å². The molecule has 1 aromatic heterocycles. The quantitative estimate of drug-likeness (QED) is 0.808. The van der Waals surface area contributed by atoms with Crippen molar-refractivity contribution in [1.82, 2.24) is 9.55 Å². The molecule has 3 heteroatoms. The summed E-state index contributed by atoms with van der Waals surface area (Å²) < 4.78 is 2.31. The summed E-state index contributed by atoms with van der Waals surface area (Å²) in [4.78, 5) is 4.24. The van der Waals surface area contributed by atoms with E-state index < -0.39 is 0 Å². The third-order valence-electron chi connectivity index (χ3n) is 6.07. The van der Waals surface area contributed by atoms with Crippen LogP contribution in [0.25, 0.3) is 0 Å². The molecule has 4 saturated carbocycles. The largest absolute Gasteiger partial charge is 0.336 e. The minimum Gasteiger partial charge on any atom is -0.336 e. The maximum Gasteiger partial charge on any atom is 0.0946 e. The first-order chi connectivity index (χ1) is 9.77. The molecule has 1 heterocycles. The van der Waals surface area contributed by atoms with Gasteiger partial charge in [-0.15, -0.1) is 0 Å². The Balaban J connectivity index is 1.58. The summed E-state index contributed by atoms with van der Waals surface area (Å²) in [6.07, 6.45) is 15.3. The average molecular weight is 290 g/mol. The summed E-state index contributed by atoms with van der Waals surface area (Å²) in [5, 5.41) is 0.801. The second-order valence-electron chi connectivity index (χ2n) is 7.48. The van der Waals surface area contributed by atoms with Gasteiger partial charge in [0.15, 0.2) is 0 Å².